The molecule has 0 fully saturated rings. The van der Waals surface area contributed by atoms with E-state index in [0.29, 0.717) is 6.42 Å². The van der Waals surface area contributed by atoms with Crippen LogP contribution < -0.4 is 14.8 Å². The summed E-state index contributed by atoms with van der Waals surface area (Å²) in [5, 5.41) is 1.66. The van der Waals surface area contributed by atoms with Gasteiger partial charge in [0.2, 0.25) is 11.8 Å². The van der Waals surface area contributed by atoms with Crippen LogP contribution in [0.15, 0.2) is 23.1 Å². The molecular weight excluding hydrogens is 483 g/mol. The van der Waals surface area contributed by atoms with Crippen molar-refractivity contribution in [2.45, 2.75) is 24.4 Å². The van der Waals surface area contributed by atoms with Gasteiger partial charge < -0.3 is 9.47 Å². The molecule has 1 aromatic heterocycles. The molecule has 0 atom stereocenters. The number of methoxy groups -OCH3 is 1. The molecule has 0 saturated heterocycles. The Hall–Kier alpha value is -3.20. The first-order valence-corrected chi connectivity index (χ1v) is 10.4. The Morgan fingerprint density at radius 2 is 1.88 bits per heavy atom. The van der Waals surface area contributed by atoms with Gasteiger partial charge >= 0.3 is 24.2 Å². The zero-order chi connectivity index (χ0) is 24.1. The van der Waals surface area contributed by atoms with Crippen LogP contribution in [0.5, 0.6) is 6.01 Å². The van der Waals surface area contributed by atoms with E-state index < -0.39 is 56.4 Å². The molecule has 16 heteroatoms. The van der Waals surface area contributed by atoms with Crippen LogP contribution in [-0.2, 0) is 20.9 Å². The predicted molar refractivity (Wildman–Crippen MR) is 103 cm³/mol. The van der Waals surface area contributed by atoms with Crippen molar-refractivity contribution >= 4 is 39.6 Å². The molecule has 2 amide bonds. The van der Waals surface area contributed by atoms with E-state index >= 15 is 0 Å². The van der Waals surface area contributed by atoms with E-state index in [9.17, 15) is 31.2 Å². The van der Waals surface area contributed by atoms with Gasteiger partial charge in [-0.2, -0.15) is 28.1 Å². The van der Waals surface area contributed by atoms with Crippen LogP contribution in [0.1, 0.15) is 29.5 Å². The number of rotatable bonds is 7. The number of benzene rings is 1. The van der Waals surface area contributed by atoms with Gasteiger partial charge in [-0.25, -0.2) is 22.7 Å². The molecule has 0 aliphatic carbocycles. The van der Waals surface area contributed by atoms with Crippen LogP contribution >= 0.6 is 11.6 Å². The van der Waals surface area contributed by atoms with Gasteiger partial charge in [0.15, 0.2) is 0 Å². The van der Waals surface area contributed by atoms with Crippen molar-refractivity contribution in [3.8, 4) is 6.01 Å². The molecule has 32 heavy (non-hydrogen) atoms. The van der Waals surface area contributed by atoms with Gasteiger partial charge in [-0.1, -0.05) is 18.5 Å². The van der Waals surface area contributed by atoms with Crippen molar-refractivity contribution in [3.63, 3.8) is 0 Å². The number of hydrogen-bond acceptors (Lipinski definition) is 9. The Morgan fingerprint density at radius 1 is 1.19 bits per heavy atom. The van der Waals surface area contributed by atoms with Gasteiger partial charge in [0.05, 0.1) is 19.3 Å². The largest absolute Gasteiger partial charge is 0.467 e. The molecule has 174 valence electrons. The lowest BCUT2D eigenvalue weighted by Crippen LogP contribution is -2.36. The van der Waals surface area contributed by atoms with Crippen molar-refractivity contribution in [2.75, 3.05) is 19.0 Å². The minimum atomic E-state index is -5.00. The van der Waals surface area contributed by atoms with Crippen LogP contribution in [0.3, 0.4) is 0 Å². The Kier molecular flexibility index (Phi) is 7.79. The van der Waals surface area contributed by atoms with E-state index in [0.717, 1.165) is 19.2 Å². The summed E-state index contributed by atoms with van der Waals surface area (Å²) in [7, 11) is -3.75. The zero-order valence-corrected chi connectivity index (χ0v) is 17.9. The molecule has 1 heterocycles. The number of amides is 2. The lowest BCUT2D eigenvalue weighted by molar-refractivity contribution is -0.145. The predicted octanol–water partition coefficient (Wildman–Crippen LogP) is 2.63. The minimum Gasteiger partial charge on any atom is -0.467 e. The number of alkyl halides is 3. The van der Waals surface area contributed by atoms with E-state index in [2.05, 4.69) is 19.7 Å². The smallest absolute Gasteiger partial charge is 0.451 e. The summed E-state index contributed by atoms with van der Waals surface area (Å²) in [5.74, 6) is -3.61. The highest BCUT2D eigenvalue weighted by atomic mass is 35.5. The maximum Gasteiger partial charge on any atom is 0.451 e. The number of carbonyl (C=O) groups excluding carboxylic acids is 2. The van der Waals surface area contributed by atoms with Crippen molar-refractivity contribution in [1.82, 2.24) is 19.7 Å². The average molecular weight is 498 g/mol. The molecule has 0 aliphatic rings. The third-order valence-electron chi connectivity index (χ3n) is 3.39. The monoisotopic (exact) mass is 497 g/mol. The van der Waals surface area contributed by atoms with Crippen LogP contribution in [-0.4, -0.2) is 49.1 Å². The van der Waals surface area contributed by atoms with E-state index in [4.69, 9.17) is 16.3 Å². The first-order valence-electron chi connectivity index (χ1n) is 8.55. The standard InChI is InChI=1S/C16H15ClF3N5O6S/c1-3-6-31-11(26)9-5-4-8(17)7-10(9)32(28,29)25-14(27)23-13-21-12(16(18,19)20)22-15(24-13)30-2/h4-5,7H,3,6H2,1-2H3,(H2,21,22,23,24,25,27). The Morgan fingerprint density at radius 3 is 2.47 bits per heavy atom. The fraction of sp³-hybridized carbons (Fsp3) is 0.312. The first-order chi connectivity index (χ1) is 14.9. The van der Waals surface area contributed by atoms with Gasteiger partial charge in [-0.15, -0.1) is 0 Å². The normalized spacial score (nSPS) is 11.6. The van der Waals surface area contributed by atoms with E-state index in [1.807, 2.05) is 0 Å². The topological polar surface area (TPSA) is 149 Å². The summed E-state index contributed by atoms with van der Waals surface area (Å²) in [5.41, 5.74) is -0.413. The molecule has 0 saturated carbocycles. The highest BCUT2D eigenvalue weighted by molar-refractivity contribution is 7.90. The third-order valence-corrected chi connectivity index (χ3v) is 5.00. The Balaban J connectivity index is 2.31. The summed E-state index contributed by atoms with van der Waals surface area (Å²) in [6.07, 6.45) is -4.53. The first kappa shape index (κ1) is 25.1. The third kappa shape index (κ3) is 6.40. The van der Waals surface area contributed by atoms with Crippen LogP contribution in [0.25, 0.3) is 0 Å². The number of anilines is 1. The van der Waals surface area contributed by atoms with Crippen LogP contribution in [0.2, 0.25) is 5.02 Å². The highest BCUT2D eigenvalue weighted by Crippen LogP contribution is 2.27. The minimum absolute atomic E-state index is 0.0115. The maximum absolute atomic E-state index is 12.9. The van der Waals surface area contributed by atoms with Crippen molar-refractivity contribution < 1.29 is 40.7 Å². The van der Waals surface area contributed by atoms with Crippen LogP contribution in [0.4, 0.5) is 23.9 Å². The summed E-state index contributed by atoms with van der Waals surface area (Å²) < 4.78 is 74.8. The summed E-state index contributed by atoms with van der Waals surface area (Å²) in [4.78, 5) is 33.0. The van der Waals surface area contributed by atoms with Crippen molar-refractivity contribution in [3.05, 3.63) is 34.6 Å². The number of carbonyl (C=O) groups is 2. The van der Waals surface area contributed by atoms with Gasteiger partial charge in [-0.3, -0.25) is 5.32 Å². The molecule has 2 aromatic rings. The number of halogens is 4. The SMILES string of the molecule is CCCOC(=O)c1ccc(Cl)cc1S(=O)(=O)NC(=O)Nc1nc(OC)nc(C(F)(F)F)n1. The van der Waals surface area contributed by atoms with Gasteiger partial charge in [0.1, 0.15) is 4.90 Å². The fourth-order valence-electron chi connectivity index (χ4n) is 2.09. The van der Waals surface area contributed by atoms with E-state index in [1.54, 1.807) is 12.2 Å². The van der Waals surface area contributed by atoms with Gasteiger partial charge in [0.25, 0.3) is 10.0 Å². The quantitative estimate of drug-likeness (QED) is 0.550. The maximum atomic E-state index is 12.9. The van der Waals surface area contributed by atoms with Crippen molar-refractivity contribution in [2.24, 2.45) is 0 Å². The number of sulfonamides is 1. The number of esters is 1. The van der Waals surface area contributed by atoms with Crippen LogP contribution in [0, 0.1) is 0 Å². The molecule has 0 spiro atoms. The second-order valence-corrected chi connectivity index (χ2v) is 7.89. The van der Waals surface area contributed by atoms with Gasteiger partial charge in [0, 0.05) is 5.02 Å². The van der Waals surface area contributed by atoms with E-state index in [-0.39, 0.29) is 11.6 Å². The molecule has 11 nitrogen and oxygen atoms in total. The second-order valence-electron chi connectivity index (χ2n) is 5.80. The molecule has 0 bridgehead atoms. The summed E-state index contributed by atoms with van der Waals surface area (Å²) in [6, 6.07) is 0.909. The molecule has 0 radical (unpaired) electrons. The fourth-order valence-corrected chi connectivity index (χ4v) is 3.46. The summed E-state index contributed by atoms with van der Waals surface area (Å²) in [6.45, 7) is 1.73. The molecule has 1 aromatic carbocycles. The molecule has 2 rings (SSSR count). The Bertz CT molecular complexity index is 1130. The number of urea groups is 1. The number of ether oxygens (including phenoxy) is 2. The Labute approximate surface area is 184 Å². The number of nitrogens with one attached hydrogen (secondary N) is 2. The van der Waals surface area contributed by atoms with Crippen molar-refractivity contribution in [1.29, 1.82) is 0 Å². The molecule has 0 unspecified atom stereocenters. The van der Waals surface area contributed by atoms with E-state index in [1.165, 1.54) is 10.8 Å². The number of aromatic nitrogens is 3. The molecule has 0 aliphatic heterocycles. The summed E-state index contributed by atoms with van der Waals surface area (Å²) >= 11 is 5.80. The lowest BCUT2D eigenvalue weighted by Gasteiger charge is -2.13. The lowest BCUT2D eigenvalue weighted by atomic mass is 10.2. The zero-order valence-electron chi connectivity index (χ0n) is 16.4. The molecule has 2 N–H and O–H groups in total. The second kappa shape index (κ2) is 9.95. The highest BCUT2D eigenvalue weighted by Gasteiger charge is 2.36. The van der Waals surface area contributed by atoms with Gasteiger partial charge in [-0.05, 0) is 24.6 Å². The average Bonchev–Trinajstić information content (AvgIpc) is 2.70. The molecular formula is C16H15ClF3N5O6S. The number of hydrogen-bond donors (Lipinski definition) is 2. The number of nitrogens with zero attached hydrogens (tertiary/aromatic N) is 3.